The molecule has 1 aromatic rings. The Balaban J connectivity index is 2.15. The number of nitrogens with zero attached hydrogens (tertiary/aromatic N) is 2. The van der Waals surface area contributed by atoms with E-state index in [0.29, 0.717) is 5.69 Å². The third-order valence-corrected chi connectivity index (χ3v) is 5.78. The molecule has 0 bridgehead atoms. The first kappa shape index (κ1) is 18.6. The summed E-state index contributed by atoms with van der Waals surface area (Å²) in [5.74, 6) is -0.525. The molecule has 1 heterocycles. The lowest BCUT2D eigenvalue weighted by Gasteiger charge is -2.32. The van der Waals surface area contributed by atoms with Crippen molar-refractivity contribution in [1.29, 1.82) is 0 Å². The van der Waals surface area contributed by atoms with Gasteiger partial charge in [0, 0.05) is 24.9 Å². The maximum atomic E-state index is 12.4. The molecule has 2 rings (SSSR count). The van der Waals surface area contributed by atoms with Gasteiger partial charge in [-0.25, -0.2) is 13.1 Å². The number of carbonyl (C=O) groups is 2. The van der Waals surface area contributed by atoms with E-state index >= 15 is 0 Å². The van der Waals surface area contributed by atoms with Crippen molar-refractivity contribution in [3.8, 4) is 0 Å². The largest absolute Gasteiger partial charge is 0.303 e. The fraction of sp³-hybridized carbons (Fsp3) is 0.500. The number of hydrogen-bond donors (Lipinski definition) is 1. The van der Waals surface area contributed by atoms with Gasteiger partial charge in [0.15, 0.2) is 0 Å². The fourth-order valence-corrected chi connectivity index (χ4v) is 3.36. The van der Waals surface area contributed by atoms with Gasteiger partial charge >= 0.3 is 0 Å². The minimum absolute atomic E-state index is 0.0971. The van der Waals surface area contributed by atoms with E-state index in [4.69, 9.17) is 0 Å². The number of likely N-dealkylation sites (N-methyl/N-ethyl adjacent to an activating group) is 1. The molecule has 0 atom stereocenters. The quantitative estimate of drug-likeness (QED) is 0.770. The van der Waals surface area contributed by atoms with E-state index in [9.17, 15) is 18.0 Å². The first-order chi connectivity index (χ1) is 11.0. The van der Waals surface area contributed by atoms with Crippen LogP contribution < -0.4 is 9.62 Å². The van der Waals surface area contributed by atoms with Crippen LogP contribution in [0.2, 0.25) is 0 Å². The minimum atomic E-state index is -3.66. The number of carbonyl (C=O) groups excluding carboxylic acids is 2. The van der Waals surface area contributed by atoms with Crippen LogP contribution in [-0.2, 0) is 19.6 Å². The minimum Gasteiger partial charge on any atom is -0.303 e. The highest BCUT2D eigenvalue weighted by atomic mass is 32.2. The molecule has 8 heteroatoms. The molecular weight excluding hydrogens is 330 g/mol. The van der Waals surface area contributed by atoms with E-state index in [0.717, 1.165) is 4.90 Å². The Labute approximate surface area is 142 Å². The van der Waals surface area contributed by atoms with Crippen LogP contribution in [0.3, 0.4) is 0 Å². The zero-order chi connectivity index (χ0) is 18.1. The van der Waals surface area contributed by atoms with Crippen LogP contribution in [0.5, 0.6) is 0 Å². The molecule has 0 aliphatic carbocycles. The van der Waals surface area contributed by atoms with Gasteiger partial charge in [-0.3, -0.25) is 14.5 Å². The highest BCUT2D eigenvalue weighted by Gasteiger charge is 2.30. The summed E-state index contributed by atoms with van der Waals surface area (Å²) in [6.07, 6.45) is 0.389. The molecule has 24 heavy (non-hydrogen) atoms. The molecule has 0 saturated carbocycles. The number of benzene rings is 1. The summed E-state index contributed by atoms with van der Waals surface area (Å²) >= 11 is 0. The van der Waals surface area contributed by atoms with E-state index in [1.54, 1.807) is 0 Å². The van der Waals surface area contributed by atoms with Crippen molar-refractivity contribution in [2.24, 2.45) is 0 Å². The molecule has 2 amide bonds. The average molecular weight is 353 g/mol. The summed E-state index contributed by atoms with van der Waals surface area (Å²) in [5.41, 5.74) is 0.0663. The number of anilines is 1. The topological polar surface area (TPSA) is 86.8 Å². The fourth-order valence-electron chi connectivity index (χ4n) is 2.15. The van der Waals surface area contributed by atoms with E-state index in [1.807, 2.05) is 32.8 Å². The van der Waals surface area contributed by atoms with Gasteiger partial charge in [-0.05, 0) is 52.2 Å². The van der Waals surface area contributed by atoms with Gasteiger partial charge in [0.2, 0.25) is 21.8 Å². The molecule has 0 unspecified atom stereocenters. The standard InChI is InChI=1S/C16H23N3O4S/c1-16(2,18(3)4)11-17-24(22,23)13-7-5-12(6-8-13)19-14(20)9-10-15(19)21/h5-8,17H,9-11H2,1-4H3. The lowest BCUT2D eigenvalue weighted by atomic mass is 10.1. The Kier molecular flexibility index (Phi) is 5.12. The summed E-state index contributed by atoms with van der Waals surface area (Å²) in [7, 11) is 0.105. The number of imide groups is 1. The molecule has 7 nitrogen and oxygen atoms in total. The Bertz CT molecular complexity index is 723. The number of hydrogen-bond acceptors (Lipinski definition) is 5. The summed E-state index contributed by atoms with van der Waals surface area (Å²) < 4.78 is 27.4. The molecule has 1 aromatic carbocycles. The van der Waals surface area contributed by atoms with Crippen molar-refractivity contribution in [2.75, 3.05) is 25.5 Å². The van der Waals surface area contributed by atoms with Gasteiger partial charge in [0.25, 0.3) is 0 Å². The summed E-state index contributed by atoms with van der Waals surface area (Å²) in [6.45, 7) is 4.12. The average Bonchev–Trinajstić information content (AvgIpc) is 2.84. The Hall–Kier alpha value is -1.77. The van der Waals surface area contributed by atoms with Crippen LogP contribution in [0.15, 0.2) is 29.2 Å². The molecular formula is C16H23N3O4S. The summed E-state index contributed by atoms with van der Waals surface area (Å²) in [5, 5.41) is 0. The Morgan fingerprint density at radius 3 is 2.04 bits per heavy atom. The zero-order valence-electron chi connectivity index (χ0n) is 14.4. The van der Waals surface area contributed by atoms with Crippen molar-refractivity contribution < 1.29 is 18.0 Å². The van der Waals surface area contributed by atoms with Crippen molar-refractivity contribution in [2.45, 2.75) is 37.1 Å². The Morgan fingerprint density at radius 2 is 1.58 bits per heavy atom. The smallest absolute Gasteiger partial charge is 0.240 e. The highest BCUT2D eigenvalue weighted by Crippen LogP contribution is 2.24. The number of rotatable bonds is 6. The molecule has 1 aliphatic rings. The lowest BCUT2D eigenvalue weighted by Crippen LogP contribution is -2.48. The van der Waals surface area contributed by atoms with Crippen molar-refractivity contribution in [1.82, 2.24) is 9.62 Å². The molecule has 1 fully saturated rings. The third kappa shape index (κ3) is 3.82. The van der Waals surface area contributed by atoms with E-state index in [-0.39, 0.29) is 41.6 Å². The van der Waals surface area contributed by atoms with Gasteiger partial charge < -0.3 is 4.90 Å². The second kappa shape index (κ2) is 6.62. The van der Waals surface area contributed by atoms with Gasteiger partial charge in [0.05, 0.1) is 10.6 Å². The van der Waals surface area contributed by atoms with Crippen LogP contribution in [0.25, 0.3) is 0 Å². The van der Waals surface area contributed by atoms with E-state index in [1.165, 1.54) is 24.3 Å². The highest BCUT2D eigenvalue weighted by molar-refractivity contribution is 7.89. The first-order valence-electron chi connectivity index (χ1n) is 7.67. The van der Waals surface area contributed by atoms with E-state index < -0.39 is 10.0 Å². The second-order valence-corrected chi connectivity index (χ2v) is 8.42. The Morgan fingerprint density at radius 1 is 1.08 bits per heavy atom. The SMILES string of the molecule is CN(C)C(C)(C)CNS(=O)(=O)c1ccc(N2C(=O)CCC2=O)cc1. The molecule has 132 valence electrons. The molecule has 1 saturated heterocycles. The van der Waals surface area contributed by atoms with Gasteiger partial charge in [-0.1, -0.05) is 0 Å². The summed E-state index contributed by atoms with van der Waals surface area (Å²) in [4.78, 5) is 26.6. The third-order valence-electron chi connectivity index (χ3n) is 4.36. The molecule has 1 aliphatic heterocycles. The van der Waals surface area contributed by atoms with Crippen LogP contribution in [0.4, 0.5) is 5.69 Å². The monoisotopic (exact) mass is 353 g/mol. The summed E-state index contributed by atoms with van der Waals surface area (Å²) in [6, 6.07) is 5.76. The predicted molar refractivity (Wildman–Crippen MR) is 91.1 cm³/mol. The van der Waals surface area contributed by atoms with Crippen LogP contribution in [0, 0.1) is 0 Å². The molecule has 0 radical (unpaired) electrons. The van der Waals surface area contributed by atoms with Crippen molar-refractivity contribution >= 4 is 27.5 Å². The van der Waals surface area contributed by atoms with Gasteiger partial charge in [-0.2, -0.15) is 0 Å². The number of sulfonamides is 1. The van der Waals surface area contributed by atoms with Crippen molar-refractivity contribution in [3.63, 3.8) is 0 Å². The van der Waals surface area contributed by atoms with E-state index in [2.05, 4.69) is 4.72 Å². The van der Waals surface area contributed by atoms with Gasteiger partial charge in [0.1, 0.15) is 0 Å². The van der Waals surface area contributed by atoms with Crippen LogP contribution in [0.1, 0.15) is 26.7 Å². The predicted octanol–water partition coefficient (Wildman–Crippen LogP) is 0.958. The first-order valence-corrected chi connectivity index (χ1v) is 9.16. The molecule has 1 N–H and O–H groups in total. The van der Waals surface area contributed by atoms with Gasteiger partial charge in [-0.15, -0.1) is 0 Å². The zero-order valence-corrected chi connectivity index (χ0v) is 15.2. The molecule has 0 aromatic heterocycles. The number of amides is 2. The van der Waals surface area contributed by atoms with Crippen molar-refractivity contribution in [3.05, 3.63) is 24.3 Å². The lowest BCUT2D eigenvalue weighted by molar-refractivity contribution is -0.121. The molecule has 0 spiro atoms. The number of nitrogens with one attached hydrogen (secondary N) is 1. The maximum Gasteiger partial charge on any atom is 0.240 e. The van der Waals surface area contributed by atoms with Crippen LogP contribution >= 0.6 is 0 Å². The second-order valence-electron chi connectivity index (χ2n) is 6.65. The maximum absolute atomic E-state index is 12.4. The van der Waals surface area contributed by atoms with Crippen LogP contribution in [-0.4, -0.2) is 51.3 Å². The normalized spacial score (nSPS) is 16.3.